The van der Waals surface area contributed by atoms with Crippen LogP contribution in [0.25, 0.3) is 0 Å². The molecule has 5 rings (SSSR count). The van der Waals surface area contributed by atoms with Gasteiger partial charge >= 0.3 is 0 Å². The molecule has 1 N–H and O–H groups in total. The minimum Gasteiger partial charge on any atom is -0.368 e. The van der Waals surface area contributed by atoms with E-state index in [1.807, 2.05) is 29.2 Å². The Hall–Kier alpha value is -3.38. The van der Waals surface area contributed by atoms with Gasteiger partial charge in [-0.1, -0.05) is 48.5 Å². The molecule has 2 aromatic carbocycles. The van der Waals surface area contributed by atoms with Gasteiger partial charge in [-0.25, -0.2) is 4.98 Å². The number of piperazine rings is 2. The lowest BCUT2D eigenvalue weighted by molar-refractivity contribution is 0.0746. The topological polar surface area (TPSA) is 51.7 Å². The Morgan fingerprint density at radius 2 is 1.53 bits per heavy atom. The predicted octanol–water partition coefficient (Wildman–Crippen LogP) is 3.19. The number of hydrogen-bond donors (Lipinski definition) is 1. The number of rotatable bonds is 4. The van der Waals surface area contributed by atoms with Crippen molar-refractivity contribution in [3.8, 4) is 0 Å². The van der Waals surface area contributed by atoms with Crippen LogP contribution in [0.1, 0.15) is 22.0 Å². The predicted molar refractivity (Wildman–Crippen MR) is 128 cm³/mol. The second kappa shape index (κ2) is 9.40. The third kappa shape index (κ3) is 4.46. The summed E-state index contributed by atoms with van der Waals surface area (Å²) in [6, 6.07) is 25.1. The molecule has 2 aliphatic heterocycles. The number of nitrogens with one attached hydrogen (secondary N) is 1. The van der Waals surface area contributed by atoms with E-state index in [9.17, 15) is 4.79 Å². The number of carbonyl (C=O) groups is 1. The van der Waals surface area contributed by atoms with Crippen LogP contribution in [0.2, 0.25) is 0 Å². The van der Waals surface area contributed by atoms with Gasteiger partial charge in [0.25, 0.3) is 5.91 Å². The zero-order valence-electron chi connectivity index (χ0n) is 18.2. The molecule has 0 aliphatic carbocycles. The molecule has 2 saturated heterocycles. The molecule has 164 valence electrons. The number of hydrogen-bond acceptors (Lipinski definition) is 5. The van der Waals surface area contributed by atoms with E-state index in [1.54, 1.807) is 6.20 Å². The van der Waals surface area contributed by atoms with Gasteiger partial charge in [0.2, 0.25) is 0 Å². The van der Waals surface area contributed by atoms with E-state index in [2.05, 4.69) is 68.6 Å². The van der Waals surface area contributed by atoms with Crippen LogP contribution in [0, 0.1) is 0 Å². The van der Waals surface area contributed by atoms with Gasteiger partial charge in [-0.05, 0) is 29.8 Å². The van der Waals surface area contributed by atoms with Crippen molar-refractivity contribution in [1.82, 2.24) is 15.2 Å². The van der Waals surface area contributed by atoms with Crippen LogP contribution in [0.5, 0.6) is 0 Å². The first-order valence-corrected chi connectivity index (χ1v) is 11.4. The molecule has 3 aromatic rings. The van der Waals surface area contributed by atoms with Gasteiger partial charge in [-0.3, -0.25) is 4.79 Å². The summed E-state index contributed by atoms with van der Waals surface area (Å²) in [5.41, 5.74) is 3.17. The first kappa shape index (κ1) is 20.5. The van der Waals surface area contributed by atoms with Gasteiger partial charge in [-0.2, -0.15) is 0 Å². The first-order valence-electron chi connectivity index (χ1n) is 11.4. The van der Waals surface area contributed by atoms with Crippen molar-refractivity contribution in [3.63, 3.8) is 0 Å². The van der Waals surface area contributed by atoms with Crippen LogP contribution < -0.4 is 15.1 Å². The molecule has 3 heterocycles. The third-order valence-corrected chi connectivity index (χ3v) is 6.38. The number of carbonyl (C=O) groups excluding carboxylic acids is 1. The van der Waals surface area contributed by atoms with E-state index in [-0.39, 0.29) is 11.9 Å². The average Bonchev–Trinajstić information content (AvgIpc) is 2.89. The van der Waals surface area contributed by atoms with E-state index in [0.29, 0.717) is 5.56 Å². The maximum atomic E-state index is 13.0. The van der Waals surface area contributed by atoms with Crippen LogP contribution in [-0.2, 0) is 0 Å². The Morgan fingerprint density at radius 1 is 0.812 bits per heavy atom. The molecule has 6 nitrogen and oxygen atoms in total. The van der Waals surface area contributed by atoms with Crippen molar-refractivity contribution >= 4 is 17.4 Å². The standard InChI is InChI=1S/C26H29N5O/c32-26(30-17-15-29(16-18-30)23-9-5-2-6-10-23)22-11-12-25(28-19-22)31-14-13-27-24(20-31)21-7-3-1-4-8-21/h1-12,19,24,27H,13-18,20H2. The van der Waals surface area contributed by atoms with Gasteiger partial charge in [0.1, 0.15) is 5.82 Å². The Kier molecular flexibility index (Phi) is 6.03. The summed E-state index contributed by atoms with van der Waals surface area (Å²) in [6.07, 6.45) is 1.74. The van der Waals surface area contributed by atoms with Gasteiger partial charge in [-0.15, -0.1) is 0 Å². The summed E-state index contributed by atoms with van der Waals surface area (Å²) in [5, 5.41) is 3.59. The smallest absolute Gasteiger partial charge is 0.255 e. The summed E-state index contributed by atoms with van der Waals surface area (Å²) >= 11 is 0. The van der Waals surface area contributed by atoms with E-state index >= 15 is 0 Å². The summed E-state index contributed by atoms with van der Waals surface area (Å²) in [5.74, 6) is 0.997. The van der Waals surface area contributed by atoms with Crippen LogP contribution in [-0.4, -0.2) is 61.6 Å². The first-order chi connectivity index (χ1) is 15.8. The lowest BCUT2D eigenvalue weighted by Crippen LogP contribution is -2.48. The Balaban J connectivity index is 1.20. The number of para-hydroxylation sites is 1. The molecule has 1 aromatic heterocycles. The van der Waals surface area contributed by atoms with Crippen LogP contribution >= 0.6 is 0 Å². The van der Waals surface area contributed by atoms with Gasteiger partial charge in [0, 0.05) is 63.7 Å². The van der Waals surface area contributed by atoms with Gasteiger partial charge in [0.05, 0.1) is 5.56 Å². The molecule has 0 spiro atoms. The minimum atomic E-state index is 0.0687. The summed E-state index contributed by atoms with van der Waals surface area (Å²) < 4.78 is 0. The second-order valence-electron chi connectivity index (χ2n) is 8.38. The van der Waals surface area contributed by atoms with Crippen molar-refractivity contribution < 1.29 is 4.79 Å². The molecule has 1 amide bonds. The van der Waals surface area contributed by atoms with Crippen LogP contribution in [0.4, 0.5) is 11.5 Å². The molecule has 1 atom stereocenters. The molecule has 0 bridgehead atoms. The highest BCUT2D eigenvalue weighted by Crippen LogP contribution is 2.22. The quantitative estimate of drug-likeness (QED) is 0.693. The highest BCUT2D eigenvalue weighted by atomic mass is 16.2. The van der Waals surface area contributed by atoms with Crippen LogP contribution in [0.3, 0.4) is 0 Å². The summed E-state index contributed by atoms with van der Waals surface area (Å²) in [4.78, 5) is 24.2. The fourth-order valence-corrected chi connectivity index (χ4v) is 4.56. The van der Waals surface area contributed by atoms with Crippen molar-refractivity contribution in [2.75, 3.05) is 55.6 Å². The molecule has 0 saturated carbocycles. The fraction of sp³-hybridized carbons (Fsp3) is 0.308. The van der Waals surface area contributed by atoms with Gasteiger partial charge < -0.3 is 20.0 Å². The van der Waals surface area contributed by atoms with Gasteiger partial charge in [0.15, 0.2) is 0 Å². The maximum Gasteiger partial charge on any atom is 0.255 e. The number of pyridine rings is 1. The van der Waals surface area contributed by atoms with E-state index in [1.165, 1.54) is 11.3 Å². The molecule has 6 heteroatoms. The monoisotopic (exact) mass is 427 g/mol. The zero-order valence-corrected chi connectivity index (χ0v) is 18.2. The van der Waals surface area contributed by atoms with E-state index in [4.69, 9.17) is 0 Å². The van der Waals surface area contributed by atoms with E-state index < -0.39 is 0 Å². The molecular formula is C26H29N5O. The molecular weight excluding hydrogens is 398 g/mol. The molecule has 0 radical (unpaired) electrons. The zero-order chi connectivity index (χ0) is 21.8. The van der Waals surface area contributed by atoms with Crippen molar-refractivity contribution in [2.24, 2.45) is 0 Å². The highest BCUT2D eigenvalue weighted by molar-refractivity contribution is 5.94. The van der Waals surface area contributed by atoms with Crippen molar-refractivity contribution in [3.05, 3.63) is 90.1 Å². The molecule has 2 aliphatic rings. The minimum absolute atomic E-state index is 0.0687. The highest BCUT2D eigenvalue weighted by Gasteiger charge is 2.24. The lowest BCUT2D eigenvalue weighted by atomic mass is 10.0. The third-order valence-electron chi connectivity index (χ3n) is 6.38. The van der Waals surface area contributed by atoms with Crippen molar-refractivity contribution in [1.29, 1.82) is 0 Å². The second-order valence-corrected chi connectivity index (χ2v) is 8.38. The largest absolute Gasteiger partial charge is 0.368 e. The molecule has 2 fully saturated rings. The normalized spacial score (nSPS) is 19.1. The summed E-state index contributed by atoms with van der Waals surface area (Å²) in [6.45, 7) is 5.84. The number of nitrogens with zero attached hydrogens (tertiary/aromatic N) is 4. The maximum absolute atomic E-state index is 13.0. The SMILES string of the molecule is O=C(c1ccc(N2CCNC(c3ccccc3)C2)nc1)N1CCN(c2ccccc2)CC1. The summed E-state index contributed by atoms with van der Waals surface area (Å²) in [7, 11) is 0. The number of amides is 1. The lowest BCUT2D eigenvalue weighted by Gasteiger charge is -2.36. The Bertz CT molecular complexity index is 1020. The number of aromatic nitrogens is 1. The Labute approximate surface area is 189 Å². The molecule has 1 unspecified atom stereocenters. The average molecular weight is 428 g/mol. The van der Waals surface area contributed by atoms with E-state index in [0.717, 1.165) is 51.6 Å². The number of benzene rings is 2. The van der Waals surface area contributed by atoms with Crippen molar-refractivity contribution in [2.45, 2.75) is 6.04 Å². The molecule has 32 heavy (non-hydrogen) atoms. The number of anilines is 2. The fourth-order valence-electron chi connectivity index (χ4n) is 4.56. The Morgan fingerprint density at radius 3 is 2.22 bits per heavy atom. The van der Waals surface area contributed by atoms with Crippen LogP contribution in [0.15, 0.2) is 79.0 Å².